The Balaban J connectivity index is 2.62. The maximum Gasteiger partial charge on any atom is 0.154 e. The standard InChI is InChI=1S/C10H8BrFN4/c1-5-14-10(13)9(16-15-5)7-4-6(11)2-3-8(7)12/h2-4H,1H3,(H2,13,14,15). The summed E-state index contributed by atoms with van der Waals surface area (Å²) >= 11 is 3.26. The molecule has 0 aliphatic carbocycles. The van der Waals surface area contributed by atoms with Gasteiger partial charge in [0.05, 0.1) is 0 Å². The van der Waals surface area contributed by atoms with Crippen molar-refractivity contribution < 1.29 is 4.39 Å². The van der Waals surface area contributed by atoms with Gasteiger partial charge in [-0.2, -0.15) is 0 Å². The third-order valence-electron chi connectivity index (χ3n) is 2.00. The lowest BCUT2D eigenvalue weighted by Gasteiger charge is -2.05. The molecule has 0 spiro atoms. The second-order valence-electron chi connectivity index (χ2n) is 3.22. The molecule has 0 aliphatic rings. The van der Waals surface area contributed by atoms with Gasteiger partial charge in [-0.1, -0.05) is 15.9 Å². The fourth-order valence-electron chi connectivity index (χ4n) is 1.29. The molecule has 1 aromatic heterocycles. The number of rotatable bonds is 1. The highest BCUT2D eigenvalue weighted by atomic mass is 79.9. The zero-order chi connectivity index (χ0) is 11.7. The van der Waals surface area contributed by atoms with Crippen LogP contribution < -0.4 is 5.73 Å². The Hall–Kier alpha value is -1.56. The van der Waals surface area contributed by atoms with E-state index in [0.29, 0.717) is 5.82 Å². The molecule has 1 heterocycles. The minimum absolute atomic E-state index is 0.171. The minimum atomic E-state index is -0.408. The van der Waals surface area contributed by atoms with Crippen molar-refractivity contribution in [1.82, 2.24) is 15.2 Å². The molecule has 2 N–H and O–H groups in total. The predicted molar refractivity (Wildman–Crippen MR) is 62.1 cm³/mol. The summed E-state index contributed by atoms with van der Waals surface area (Å²) in [6.07, 6.45) is 0. The molecule has 0 saturated heterocycles. The molecule has 0 fully saturated rings. The van der Waals surface area contributed by atoms with E-state index in [1.54, 1.807) is 19.1 Å². The van der Waals surface area contributed by atoms with Crippen LogP contribution in [0.25, 0.3) is 11.3 Å². The first-order chi connectivity index (χ1) is 7.58. The number of aromatic nitrogens is 3. The fourth-order valence-corrected chi connectivity index (χ4v) is 1.66. The highest BCUT2D eigenvalue weighted by molar-refractivity contribution is 9.10. The van der Waals surface area contributed by atoms with Crippen LogP contribution in [0.3, 0.4) is 0 Å². The van der Waals surface area contributed by atoms with Gasteiger partial charge in [-0.25, -0.2) is 9.37 Å². The Morgan fingerprint density at radius 1 is 1.31 bits per heavy atom. The summed E-state index contributed by atoms with van der Waals surface area (Å²) in [4.78, 5) is 3.94. The molecule has 4 nitrogen and oxygen atoms in total. The Kier molecular flexibility index (Phi) is 2.82. The van der Waals surface area contributed by atoms with Crippen LogP contribution in [0.2, 0.25) is 0 Å². The van der Waals surface area contributed by atoms with E-state index >= 15 is 0 Å². The number of nitrogens with zero attached hydrogens (tertiary/aromatic N) is 3. The number of nitrogens with two attached hydrogens (primary N) is 1. The van der Waals surface area contributed by atoms with Crippen molar-refractivity contribution in [3.8, 4) is 11.3 Å². The molecule has 0 unspecified atom stereocenters. The van der Waals surface area contributed by atoms with Crippen molar-refractivity contribution in [1.29, 1.82) is 0 Å². The zero-order valence-corrected chi connectivity index (χ0v) is 9.99. The van der Waals surface area contributed by atoms with Gasteiger partial charge in [-0.05, 0) is 25.1 Å². The number of hydrogen-bond acceptors (Lipinski definition) is 4. The average Bonchev–Trinajstić information content (AvgIpc) is 2.22. The van der Waals surface area contributed by atoms with Crippen molar-refractivity contribution in [2.45, 2.75) is 6.92 Å². The van der Waals surface area contributed by atoms with Gasteiger partial charge in [-0.15, -0.1) is 10.2 Å². The van der Waals surface area contributed by atoms with Crippen molar-refractivity contribution in [3.63, 3.8) is 0 Å². The summed E-state index contributed by atoms with van der Waals surface area (Å²) in [5.41, 5.74) is 6.22. The number of benzene rings is 1. The van der Waals surface area contributed by atoms with Crippen LogP contribution in [0, 0.1) is 12.7 Å². The quantitative estimate of drug-likeness (QED) is 0.872. The Morgan fingerprint density at radius 2 is 2.06 bits per heavy atom. The van der Waals surface area contributed by atoms with E-state index in [0.717, 1.165) is 4.47 Å². The molecule has 2 rings (SSSR count). The highest BCUT2D eigenvalue weighted by Crippen LogP contribution is 2.27. The molecule has 82 valence electrons. The normalized spacial score (nSPS) is 10.4. The lowest BCUT2D eigenvalue weighted by molar-refractivity contribution is 0.630. The van der Waals surface area contributed by atoms with Gasteiger partial charge in [0.15, 0.2) is 5.82 Å². The molecular formula is C10H8BrFN4. The van der Waals surface area contributed by atoms with Crippen LogP contribution in [0.4, 0.5) is 10.2 Å². The predicted octanol–water partition coefficient (Wildman–Crippen LogP) is 2.33. The molecular weight excluding hydrogens is 275 g/mol. The number of halogens is 2. The Bertz CT molecular complexity index is 544. The molecule has 0 saturated carbocycles. The topological polar surface area (TPSA) is 64.7 Å². The van der Waals surface area contributed by atoms with Crippen LogP contribution in [-0.4, -0.2) is 15.2 Å². The molecule has 0 aliphatic heterocycles. The zero-order valence-electron chi connectivity index (χ0n) is 8.41. The van der Waals surface area contributed by atoms with Crippen LogP contribution >= 0.6 is 15.9 Å². The average molecular weight is 283 g/mol. The molecule has 0 radical (unpaired) electrons. The summed E-state index contributed by atoms with van der Waals surface area (Å²) in [6, 6.07) is 4.52. The first kappa shape index (κ1) is 10.9. The van der Waals surface area contributed by atoms with Crippen molar-refractivity contribution in [2.24, 2.45) is 0 Å². The van der Waals surface area contributed by atoms with Crippen molar-refractivity contribution >= 4 is 21.7 Å². The summed E-state index contributed by atoms with van der Waals surface area (Å²) in [5, 5.41) is 7.62. The van der Waals surface area contributed by atoms with E-state index in [2.05, 4.69) is 31.1 Å². The van der Waals surface area contributed by atoms with E-state index in [9.17, 15) is 4.39 Å². The van der Waals surface area contributed by atoms with Gasteiger partial charge in [0.2, 0.25) is 0 Å². The van der Waals surface area contributed by atoms with Crippen LogP contribution in [0.1, 0.15) is 5.82 Å². The summed E-state index contributed by atoms with van der Waals surface area (Å²) in [7, 11) is 0. The third-order valence-corrected chi connectivity index (χ3v) is 2.50. The highest BCUT2D eigenvalue weighted by Gasteiger charge is 2.12. The lowest BCUT2D eigenvalue weighted by atomic mass is 10.1. The Morgan fingerprint density at radius 3 is 2.75 bits per heavy atom. The van der Waals surface area contributed by atoms with Crippen LogP contribution in [0.5, 0.6) is 0 Å². The molecule has 0 atom stereocenters. The fraction of sp³-hybridized carbons (Fsp3) is 0.100. The minimum Gasteiger partial charge on any atom is -0.382 e. The monoisotopic (exact) mass is 282 g/mol. The number of aryl methyl sites for hydroxylation is 1. The maximum atomic E-state index is 13.6. The van der Waals surface area contributed by atoms with Crippen molar-refractivity contribution in [2.75, 3.05) is 5.73 Å². The first-order valence-electron chi connectivity index (χ1n) is 4.50. The third kappa shape index (κ3) is 2.01. The van der Waals surface area contributed by atoms with Crippen molar-refractivity contribution in [3.05, 3.63) is 34.3 Å². The molecule has 6 heteroatoms. The second-order valence-corrected chi connectivity index (χ2v) is 4.13. The van der Waals surface area contributed by atoms with Gasteiger partial charge in [0.1, 0.15) is 17.3 Å². The van der Waals surface area contributed by atoms with E-state index in [4.69, 9.17) is 5.73 Å². The summed E-state index contributed by atoms with van der Waals surface area (Å²) in [6.45, 7) is 1.67. The molecule has 0 amide bonds. The molecule has 1 aromatic carbocycles. The molecule has 2 aromatic rings. The van der Waals surface area contributed by atoms with Gasteiger partial charge in [0, 0.05) is 10.0 Å². The smallest absolute Gasteiger partial charge is 0.154 e. The number of nitrogen functional groups attached to an aromatic ring is 1. The van der Waals surface area contributed by atoms with Gasteiger partial charge in [0.25, 0.3) is 0 Å². The van der Waals surface area contributed by atoms with E-state index in [1.165, 1.54) is 6.07 Å². The first-order valence-corrected chi connectivity index (χ1v) is 5.29. The van der Waals surface area contributed by atoms with Gasteiger partial charge < -0.3 is 5.73 Å². The van der Waals surface area contributed by atoms with Crippen LogP contribution in [0.15, 0.2) is 22.7 Å². The van der Waals surface area contributed by atoms with Gasteiger partial charge in [-0.3, -0.25) is 0 Å². The second kappa shape index (κ2) is 4.13. The van der Waals surface area contributed by atoms with Gasteiger partial charge >= 0.3 is 0 Å². The summed E-state index contributed by atoms with van der Waals surface area (Å²) in [5.74, 6) is 0.219. The maximum absolute atomic E-state index is 13.6. The summed E-state index contributed by atoms with van der Waals surface area (Å²) < 4.78 is 14.3. The largest absolute Gasteiger partial charge is 0.382 e. The van der Waals surface area contributed by atoms with Crippen LogP contribution in [-0.2, 0) is 0 Å². The Labute approximate surface area is 99.9 Å². The van der Waals surface area contributed by atoms with E-state index < -0.39 is 5.82 Å². The SMILES string of the molecule is Cc1nnc(-c2cc(Br)ccc2F)c(N)n1. The molecule has 16 heavy (non-hydrogen) atoms. The molecule has 0 bridgehead atoms. The number of anilines is 1. The lowest BCUT2D eigenvalue weighted by Crippen LogP contribution is -2.03. The van der Waals surface area contributed by atoms with E-state index in [1.807, 2.05) is 0 Å². The number of hydrogen-bond donors (Lipinski definition) is 1. The van der Waals surface area contributed by atoms with E-state index in [-0.39, 0.29) is 17.1 Å².